The van der Waals surface area contributed by atoms with Crippen LogP contribution in [-0.4, -0.2) is 26.3 Å². The van der Waals surface area contributed by atoms with Crippen molar-refractivity contribution in [1.29, 1.82) is 0 Å². The molecule has 0 aromatic heterocycles. The van der Waals surface area contributed by atoms with E-state index in [1.54, 1.807) is 7.11 Å². The van der Waals surface area contributed by atoms with Crippen molar-refractivity contribution in [3.05, 3.63) is 34.9 Å². The van der Waals surface area contributed by atoms with Crippen LogP contribution in [0, 0.1) is 13.8 Å². The molecule has 0 radical (unpaired) electrons. The number of nitrogens with one attached hydrogen (secondary N) is 1. The predicted molar refractivity (Wildman–Crippen MR) is 78.2 cm³/mol. The summed E-state index contributed by atoms with van der Waals surface area (Å²) in [7, 11) is 1.77. The van der Waals surface area contributed by atoms with E-state index in [1.165, 1.54) is 23.1 Å². The highest BCUT2D eigenvalue weighted by Gasteiger charge is 2.11. The number of methoxy groups -OCH3 is 1. The van der Waals surface area contributed by atoms with Crippen molar-refractivity contribution in [1.82, 2.24) is 5.32 Å². The lowest BCUT2D eigenvalue weighted by Gasteiger charge is -2.20. The number of benzene rings is 1. The van der Waals surface area contributed by atoms with Crippen molar-refractivity contribution in [2.75, 3.05) is 20.3 Å². The van der Waals surface area contributed by atoms with Gasteiger partial charge in [-0.05, 0) is 56.3 Å². The molecule has 1 unspecified atom stereocenters. The van der Waals surface area contributed by atoms with Gasteiger partial charge in [-0.25, -0.2) is 0 Å². The molecule has 102 valence electrons. The van der Waals surface area contributed by atoms with Crippen molar-refractivity contribution >= 4 is 0 Å². The average molecular weight is 249 g/mol. The molecule has 0 saturated heterocycles. The molecule has 1 aromatic carbocycles. The van der Waals surface area contributed by atoms with Gasteiger partial charge in [-0.2, -0.15) is 0 Å². The summed E-state index contributed by atoms with van der Waals surface area (Å²) in [6.07, 6.45) is 3.42. The Morgan fingerprint density at radius 2 is 1.89 bits per heavy atom. The summed E-state index contributed by atoms with van der Waals surface area (Å²) in [5.74, 6) is 0. The molecular formula is C16H27NO. The first-order valence-corrected chi connectivity index (χ1v) is 6.96. The summed E-state index contributed by atoms with van der Waals surface area (Å²) in [6.45, 7) is 8.48. The molecule has 1 rings (SSSR count). The van der Waals surface area contributed by atoms with Gasteiger partial charge in [0.2, 0.25) is 0 Å². The maximum atomic E-state index is 5.14. The number of rotatable bonds is 8. The Hall–Kier alpha value is -0.860. The van der Waals surface area contributed by atoms with Crippen LogP contribution < -0.4 is 5.32 Å². The van der Waals surface area contributed by atoms with Crippen LogP contribution in [0.4, 0.5) is 0 Å². The molecule has 1 N–H and O–H groups in total. The highest BCUT2D eigenvalue weighted by Crippen LogP contribution is 2.17. The standard InChI is InChI=1S/C16H27NO/c1-5-17-15(10-7-11-18-4)12-16-13(2)8-6-9-14(16)3/h6,8-9,15,17H,5,7,10-12H2,1-4H3. The van der Waals surface area contributed by atoms with Gasteiger partial charge in [0.25, 0.3) is 0 Å². The van der Waals surface area contributed by atoms with E-state index < -0.39 is 0 Å². The largest absolute Gasteiger partial charge is 0.385 e. The third kappa shape index (κ3) is 4.79. The molecule has 0 spiro atoms. The molecule has 0 aliphatic rings. The molecular weight excluding hydrogens is 222 g/mol. The van der Waals surface area contributed by atoms with Crippen LogP contribution in [0.2, 0.25) is 0 Å². The lowest BCUT2D eigenvalue weighted by Crippen LogP contribution is -2.31. The molecule has 2 nitrogen and oxygen atoms in total. The van der Waals surface area contributed by atoms with Gasteiger partial charge in [0.15, 0.2) is 0 Å². The van der Waals surface area contributed by atoms with E-state index in [1.807, 2.05) is 0 Å². The van der Waals surface area contributed by atoms with Gasteiger partial charge in [0.1, 0.15) is 0 Å². The van der Waals surface area contributed by atoms with E-state index >= 15 is 0 Å². The molecule has 0 saturated carbocycles. The summed E-state index contributed by atoms with van der Waals surface area (Å²) in [5, 5.41) is 3.59. The monoisotopic (exact) mass is 249 g/mol. The van der Waals surface area contributed by atoms with Gasteiger partial charge in [-0.15, -0.1) is 0 Å². The Labute approximate surface area is 112 Å². The van der Waals surface area contributed by atoms with Crippen LogP contribution in [0.1, 0.15) is 36.5 Å². The van der Waals surface area contributed by atoms with Crippen LogP contribution in [0.15, 0.2) is 18.2 Å². The lowest BCUT2D eigenvalue weighted by molar-refractivity contribution is 0.188. The number of aryl methyl sites for hydroxylation is 2. The fourth-order valence-corrected chi connectivity index (χ4v) is 2.46. The zero-order valence-corrected chi connectivity index (χ0v) is 12.3. The fraction of sp³-hybridized carbons (Fsp3) is 0.625. The summed E-state index contributed by atoms with van der Waals surface area (Å²) >= 11 is 0. The zero-order valence-electron chi connectivity index (χ0n) is 12.3. The van der Waals surface area contributed by atoms with Gasteiger partial charge >= 0.3 is 0 Å². The Bertz CT molecular complexity index is 329. The molecule has 0 aliphatic heterocycles. The normalized spacial score (nSPS) is 12.7. The quantitative estimate of drug-likeness (QED) is 0.714. The highest BCUT2D eigenvalue weighted by atomic mass is 16.5. The molecule has 18 heavy (non-hydrogen) atoms. The van der Waals surface area contributed by atoms with Gasteiger partial charge in [0, 0.05) is 19.8 Å². The zero-order chi connectivity index (χ0) is 13.4. The molecule has 1 aromatic rings. The first-order chi connectivity index (χ1) is 8.69. The van der Waals surface area contributed by atoms with E-state index in [-0.39, 0.29) is 0 Å². The maximum absolute atomic E-state index is 5.14. The van der Waals surface area contributed by atoms with Crippen molar-refractivity contribution < 1.29 is 4.74 Å². The minimum Gasteiger partial charge on any atom is -0.385 e. The van der Waals surface area contributed by atoms with Crippen LogP contribution in [0.3, 0.4) is 0 Å². The van der Waals surface area contributed by atoms with Crippen LogP contribution in [0.5, 0.6) is 0 Å². The fourth-order valence-electron chi connectivity index (χ4n) is 2.46. The van der Waals surface area contributed by atoms with Crippen molar-refractivity contribution in [3.8, 4) is 0 Å². The predicted octanol–water partition coefficient (Wildman–Crippen LogP) is 3.25. The third-order valence-electron chi connectivity index (χ3n) is 3.49. The second-order valence-electron chi connectivity index (χ2n) is 4.96. The minimum absolute atomic E-state index is 0.560. The minimum atomic E-state index is 0.560. The SMILES string of the molecule is CCNC(CCCOC)Cc1c(C)cccc1C. The average Bonchev–Trinajstić information content (AvgIpc) is 2.34. The van der Waals surface area contributed by atoms with Crippen molar-refractivity contribution in [3.63, 3.8) is 0 Å². The topological polar surface area (TPSA) is 21.3 Å². The number of likely N-dealkylation sites (N-methyl/N-ethyl adjacent to an activating group) is 1. The van der Waals surface area contributed by atoms with Gasteiger partial charge in [0.05, 0.1) is 0 Å². The Balaban J connectivity index is 2.64. The summed E-state index contributed by atoms with van der Waals surface area (Å²) < 4.78 is 5.14. The highest BCUT2D eigenvalue weighted by molar-refractivity contribution is 5.34. The smallest absolute Gasteiger partial charge is 0.0462 e. The Morgan fingerprint density at radius 3 is 2.44 bits per heavy atom. The molecule has 0 heterocycles. The van der Waals surface area contributed by atoms with Gasteiger partial charge < -0.3 is 10.1 Å². The number of hydrogen-bond donors (Lipinski definition) is 1. The van der Waals surface area contributed by atoms with Crippen LogP contribution in [0.25, 0.3) is 0 Å². The van der Waals surface area contributed by atoms with E-state index in [0.717, 1.165) is 26.0 Å². The van der Waals surface area contributed by atoms with Crippen LogP contribution in [-0.2, 0) is 11.2 Å². The Kier molecular flexibility index (Phi) is 6.99. The summed E-state index contributed by atoms with van der Waals surface area (Å²) in [5.41, 5.74) is 4.31. The van der Waals surface area contributed by atoms with E-state index in [4.69, 9.17) is 4.74 Å². The van der Waals surface area contributed by atoms with Crippen molar-refractivity contribution in [2.24, 2.45) is 0 Å². The molecule has 2 heteroatoms. The number of ether oxygens (including phenoxy) is 1. The van der Waals surface area contributed by atoms with Crippen LogP contribution >= 0.6 is 0 Å². The first-order valence-electron chi connectivity index (χ1n) is 6.96. The van der Waals surface area contributed by atoms with Crippen molar-refractivity contribution in [2.45, 2.75) is 46.1 Å². The molecule has 0 amide bonds. The maximum Gasteiger partial charge on any atom is 0.0462 e. The summed E-state index contributed by atoms with van der Waals surface area (Å²) in [6, 6.07) is 7.12. The van der Waals surface area contributed by atoms with Gasteiger partial charge in [-0.3, -0.25) is 0 Å². The number of hydrogen-bond acceptors (Lipinski definition) is 2. The first kappa shape index (κ1) is 15.2. The van der Waals surface area contributed by atoms with E-state index in [0.29, 0.717) is 6.04 Å². The second kappa shape index (κ2) is 8.28. The molecule has 0 bridgehead atoms. The second-order valence-corrected chi connectivity index (χ2v) is 4.96. The summed E-state index contributed by atoms with van der Waals surface area (Å²) in [4.78, 5) is 0. The molecule has 0 aliphatic carbocycles. The Morgan fingerprint density at radius 1 is 1.22 bits per heavy atom. The lowest BCUT2D eigenvalue weighted by atomic mass is 9.94. The van der Waals surface area contributed by atoms with Gasteiger partial charge in [-0.1, -0.05) is 25.1 Å². The third-order valence-corrected chi connectivity index (χ3v) is 3.49. The molecule has 1 atom stereocenters. The molecule has 0 fully saturated rings. The van der Waals surface area contributed by atoms with E-state index in [2.05, 4.69) is 44.3 Å². The van der Waals surface area contributed by atoms with E-state index in [9.17, 15) is 0 Å².